The fourth-order valence-electron chi connectivity index (χ4n) is 2.97. The van der Waals surface area contributed by atoms with Gasteiger partial charge in [-0.3, -0.25) is 0 Å². The monoisotopic (exact) mass is 237 g/mol. The Morgan fingerprint density at radius 1 is 1.06 bits per heavy atom. The van der Waals surface area contributed by atoms with Gasteiger partial charge in [0.1, 0.15) is 5.75 Å². The van der Waals surface area contributed by atoms with E-state index in [4.69, 9.17) is 4.74 Å². The Bertz CT molecular complexity index is 618. The number of rotatable bonds is 1. The maximum atomic E-state index is 5.57. The van der Waals surface area contributed by atoms with Crippen molar-refractivity contribution < 1.29 is 4.74 Å². The van der Waals surface area contributed by atoms with Gasteiger partial charge in [0.25, 0.3) is 0 Å². The maximum absolute atomic E-state index is 5.57. The van der Waals surface area contributed by atoms with Crippen LogP contribution in [0.25, 0.3) is 11.1 Å². The van der Waals surface area contributed by atoms with Crippen molar-refractivity contribution in [3.63, 3.8) is 0 Å². The van der Waals surface area contributed by atoms with Gasteiger partial charge in [0.2, 0.25) is 0 Å². The summed E-state index contributed by atoms with van der Waals surface area (Å²) in [4.78, 5) is 0. The van der Waals surface area contributed by atoms with Gasteiger partial charge in [-0.15, -0.1) is 0 Å². The highest BCUT2D eigenvalue weighted by atomic mass is 16.5. The molecule has 0 spiro atoms. The first-order valence-corrected chi connectivity index (χ1v) is 6.54. The largest absolute Gasteiger partial charge is 0.493 e. The molecule has 2 nitrogen and oxygen atoms in total. The summed E-state index contributed by atoms with van der Waals surface area (Å²) in [6, 6.07) is 13.1. The van der Waals surface area contributed by atoms with Gasteiger partial charge in [-0.25, -0.2) is 0 Å². The summed E-state index contributed by atoms with van der Waals surface area (Å²) < 4.78 is 5.57. The molecule has 4 rings (SSSR count). The van der Waals surface area contributed by atoms with Crippen LogP contribution in [-0.2, 0) is 12.8 Å². The summed E-state index contributed by atoms with van der Waals surface area (Å²) in [6.07, 6.45) is 2.16. The van der Waals surface area contributed by atoms with Gasteiger partial charge in [0.15, 0.2) is 0 Å². The average Bonchev–Trinajstić information content (AvgIpc) is 3.05. The average molecular weight is 237 g/mol. The van der Waals surface area contributed by atoms with Crippen LogP contribution in [0, 0.1) is 0 Å². The first kappa shape index (κ1) is 10.0. The lowest BCUT2D eigenvalue weighted by Crippen LogP contribution is -1.90. The van der Waals surface area contributed by atoms with E-state index >= 15 is 0 Å². The predicted molar refractivity (Wildman–Crippen MR) is 73.3 cm³/mol. The summed E-state index contributed by atoms with van der Waals surface area (Å²) >= 11 is 0. The molecule has 2 aromatic carbocycles. The molecule has 90 valence electrons. The summed E-state index contributed by atoms with van der Waals surface area (Å²) in [7, 11) is 0. The topological polar surface area (TPSA) is 21.3 Å². The molecule has 0 unspecified atom stereocenters. The second kappa shape index (κ2) is 3.77. The van der Waals surface area contributed by atoms with Crippen molar-refractivity contribution in [2.24, 2.45) is 0 Å². The van der Waals surface area contributed by atoms with Crippen LogP contribution in [0.5, 0.6) is 5.75 Å². The first-order chi connectivity index (χ1) is 8.92. The van der Waals surface area contributed by atoms with E-state index < -0.39 is 0 Å². The van der Waals surface area contributed by atoms with E-state index in [1.807, 2.05) is 0 Å². The van der Waals surface area contributed by atoms with Crippen molar-refractivity contribution in [1.29, 1.82) is 0 Å². The predicted octanol–water partition coefficient (Wildman–Crippen LogP) is 3.26. The van der Waals surface area contributed by atoms with Crippen molar-refractivity contribution in [3.8, 4) is 16.9 Å². The summed E-state index contributed by atoms with van der Waals surface area (Å²) in [5, 5.41) is 3.44. The molecule has 2 aliphatic heterocycles. The van der Waals surface area contributed by atoms with Crippen LogP contribution in [0.1, 0.15) is 11.1 Å². The fourth-order valence-corrected chi connectivity index (χ4v) is 2.97. The van der Waals surface area contributed by atoms with E-state index in [9.17, 15) is 0 Å². The fraction of sp³-hybridized carbons (Fsp3) is 0.250. The Labute approximate surface area is 107 Å². The van der Waals surface area contributed by atoms with Crippen LogP contribution in [0.4, 0.5) is 5.69 Å². The molecule has 0 fully saturated rings. The van der Waals surface area contributed by atoms with E-state index in [0.29, 0.717) is 0 Å². The van der Waals surface area contributed by atoms with E-state index in [1.54, 1.807) is 0 Å². The lowest BCUT2D eigenvalue weighted by atomic mass is 9.96. The Kier molecular flexibility index (Phi) is 2.10. The Balaban J connectivity index is 1.86. The van der Waals surface area contributed by atoms with Crippen LogP contribution in [0.15, 0.2) is 36.4 Å². The second-order valence-electron chi connectivity index (χ2n) is 4.93. The third kappa shape index (κ3) is 1.42. The number of anilines is 1. The third-order valence-corrected chi connectivity index (χ3v) is 3.87. The molecule has 0 bridgehead atoms. The van der Waals surface area contributed by atoms with Gasteiger partial charge in [-0.2, -0.15) is 0 Å². The summed E-state index contributed by atoms with van der Waals surface area (Å²) in [5.74, 6) is 1.06. The number of ether oxygens (including phenoxy) is 1. The first-order valence-electron chi connectivity index (χ1n) is 6.54. The molecule has 0 saturated heterocycles. The molecule has 18 heavy (non-hydrogen) atoms. The maximum Gasteiger partial charge on any atom is 0.122 e. The molecule has 1 N–H and O–H groups in total. The van der Waals surface area contributed by atoms with Crippen LogP contribution < -0.4 is 10.1 Å². The van der Waals surface area contributed by atoms with Crippen LogP contribution in [0.3, 0.4) is 0 Å². The lowest BCUT2D eigenvalue weighted by Gasteiger charge is -2.09. The molecule has 2 heterocycles. The second-order valence-corrected chi connectivity index (χ2v) is 4.93. The lowest BCUT2D eigenvalue weighted by molar-refractivity contribution is 0.357. The van der Waals surface area contributed by atoms with Crippen LogP contribution in [0.2, 0.25) is 0 Å². The Morgan fingerprint density at radius 2 is 2.06 bits per heavy atom. The number of fused-ring (bicyclic) bond motifs is 2. The van der Waals surface area contributed by atoms with Gasteiger partial charge in [-0.05, 0) is 46.9 Å². The van der Waals surface area contributed by atoms with Gasteiger partial charge >= 0.3 is 0 Å². The Morgan fingerprint density at radius 3 is 3.06 bits per heavy atom. The molecule has 0 aliphatic carbocycles. The number of nitrogens with one attached hydrogen (secondary N) is 1. The van der Waals surface area contributed by atoms with Crippen molar-refractivity contribution in [3.05, 3.63) is 47.5 Å². The zero-order valence-corrected chi connectivity index (χ0v) is 10.2. The SMILES string of the molecule is c1cc2c(c(-c3ccc4c(c3)CCO4)c1)CCN2. The smallest absolute Gasteiger partial charge is 0.122 e. The number of benzene rings is 2. The molecule has 0 amide bonds. The normalized spacial score (nSPS) is 15.8. The van der Waals surface area contributed by atoms with E-state index in [-0.39, 0.29) is 0 Å². The Hall–Kier alpha value is -1.96. The van der Waals surface area contributed by atoms with Gasteiger partial charge in [-0.1, -0.05) is 18.2 Å². The van der Waals surface area contributed by atoms with Crippen molar-refractivity contribution in [2.45, 2.75) is 12.8 Å². The highest BCUT2D eigenvalue weighted by Gasteiger charge is 2.17. The molecule has 0 aromatic heterocycles. The molecule has 0 saturated carbocycles. The zero-order chi connectivity index (χ0) is 11.9. The van der Waals surface area contributed by atoms with Gasteiger partial charge in [0, 0.05) is 18.7 Å². The highest BCUT2D eigenvalue weighted by Crippen LogP contribution is 2.36. The minimum Gasteiger partial charge on any atom is -0.493 e. The minimum absolute atomic E-state index is 0.827. The van der Waals surface area contributed by atoms with Gasteiger partial charge in [0.05, 0.1) is 6.61 Å². The molecular formula is C16H15NO. The quantitative estimate of drug-likeness (QED) is 0.822. The van der Waals surface area contributed by atoms with E-state index in [1.165, 1.54) is 27.9 Å². The molecule has 0 radical (unpaired) electrons. The minimum atomic E-state index is 0.827. The summed E-state index contributed by atoms with van der Waals surface area (Å²) in [6.45, 7) is 1.88. The molecule has 2 aromatic rings. The molecule has 2 aliphatic rings. The molecular weight excluding hydrogens is 222 g/mol. The van der Waals surface area contributed by atoms with Crippen LogP contribution >= 0.6 is 0 Å². The highest BCUT2D eigenvalue weighted by molar-refractivity contribution is 5.76. The number of hydrogen-bond donors (Lipinski definition) is 1. The van der Waals surface area contributed by atoms with E-state index in [2.05, 4.69) is 41.7 Å². The third-order valence-electron chi connectivity index (χ3n) is 3.87. The van der Waals surface area contributed by atoms with E-state index in [0.717, 1.165) is 31.7 Å². The van der Waals surface area contributed by atoms with Crippen molar-refractivity contribution in [2.75, 3.05) is 18.5 Å². The van der Waals surface area contributed by atoms with Gasteiger partial charge < -0.3 is 10.1 Å². The zero-order valence-electron chi connectivity index (χ0n) is 10.2. The van der Waals surface area contributed by atoms with Crippen molar-refractivity contribution in [1.82, 2.24) is 0 Å². The van der Waals surface area contributed by atoms with Crippen molar-refractivity contribution >= 4 is 5.69 Å². The molecule has 2 heteroatoms. The van der Waals surface area contributed by atoms with Crippen LogP contribution in [-0.4, -0.2) is 13.2 Å². The number of hydrogen-bond acceptors (Lipinski definition) is 2. The standard InChI is InChI=1S/C16H15NO/c1-2-13(14-6-8-17-15(14)3-1)11-4-5-16-12(10-11)7-9-18-16/h1-5,10,17H,6-9H2. The molecule has 0 atom stereocenters. The summed E-state index contributed by atoms with van der Waals surface area (Å²) in [5.41, 5.74) is 6.78.